The molecule has 0 aliphatic heterocycles. The van der Waals surface area contributed by atoms with Gasteiger partial charge in [0, 0.05) is 0 Å². The van der Waals surface area contributed by atoms with Crippen molar-refractivity contribution in [1.29, 1.82) is 0 Å². The molecule has 117 valence electrons. The zero-order valence-corrected chi connectivity index (χ0v) is 15.0. The maximum absolute atomic E-state index is 7.50. The number of benzene rings is 1. The van der Waals surface area contributed by atoms with Crippen molar-refractivity contribution in [3.05, 3.63) is 87.9 Å². The van der Waals surface area contributed by atoms with E-state index in [1.165, 1.54) is 0 Å². The summed E-state index contributed by atoms with van der Waals surface area (Å²) in [6, 6.07) is 10.1. The quantitative estimate of drug-likeness (QED) is 0.459. The second-order valence-corrected chi connectivity index (χ2v) is 9.18. The molecule has 1 aromatic carbocycles. The standard InChI is InChI=1S/C10H15OSi.C5H5.2CO.Fe/c1-12(2,3)11-9-10-7-5-4-6-8-10;1-2-4-5-3-1;2*1-2;/h4-9H,1-3H3;1-5H;;;/q-1;;;;+2. The first-order valence-corrected chi connectivity index (χ1v) is 9.62. The van der Waals surface area contributed by atoms with Gasteiger partial charge in [-0.1, -0.05) is 12.7 Å². The maximum atomic E-state index is 7.50. The van der Waals surface area contributed by atoms with Crippen LogP contribution in [0.3, 0.4) is 0 Å². The fourth-order valence-electron chi connectivity index (χ4n) is 1.10. The molecule has 0 heterocycles. The fraction of sp³-hybridized carbons (Fsp3) is 0.176. The minimum atomic E-state index is -1.40. The van der Waals surface area contributed by atoms with Crippen molar-refractivity contribution in [2.75, 3.05) is 0 Å². The van der Waals surface area contributed by atoms with Crippen molar-refractivity contribution in [1.82, 2.24) is 0 Å². The van der Waals surface area contributed by atoms with Crippen LogP contribution in [0, 0.1) is 52.0 Å². The predicted octanol–water partition coefficient (Wildman–Crippen LogP) is 3.99. The molecule has 0 atom stereocenters. The van der Waals surface area contributed by atoms with Crippen LogP contribution in [0.4, 0.5) is 0 Å². The molecule has 0 saturated heterocycles. The largest absolute Gasteiger partial charge is 2.00 e. The third-order valence-electron chi connectivity index (χ3n) is 1.90. The Kier molecular flexibility index (Phi) is 21.8. The smallest absolute Gasteiger partial charge is 0.0312 e. The van der Waals surface area contributed by atoms with Gasteiger partial charge >= 0.3 is 39.7 Å². The SMILES string of the molecule is C[Si](C)(C)O[CH-]c1ccccc1.[C-]#[O+].[C-]#[O+].[CH]1[CH][CH][CH][CH]1.[Fe+2]. The van der Waals surface area contributed by atoms with E-state index in [2.05, 4.69) is 32.9 Å². The Labute approximate surface area is 146 Å². The summed E-state index contributed by atoms with van der Waals surface area (Å²) in [5.41, 5.74) is 1.14. The summed E-state index contributed by atoms with van der Waals surface area (Å²) in [4.78, 5) is 0. The van der Waals surface area contributed by atoms with Gasteiger partial charge in [0.1, 0.15) is 0 Å². The van der Waals surface area contributed by atoms with Crippen LogP contribution in [0.15, 0.2) is 30.3 Å². The zero-order valence-electron chi connectivity index (χ0n) is 12.9. The summed E-state index contributed by atoms with van der Waals surface area (Å²) in [5.74, 6) is 0. The van der Waals surface area contributed by atoms with Crippen molar-refractivity contribution in [3.63, 3.8) is 0 Å². The third-order valence-corrected chi connectivity index (χ3v) is 2.73. The van der Waals surface area contributed by atoms with Crippen molar-refractivity contribution in [2.24, 2.45) is 0 Å². The molecule has 0 spiro atoms. The molecule has 22 heavy (non-hydrogen) atoms. The van der Waals surface area contributed by atoms with E-state index in [1.54, 1.807) is 0 Å². The summed E-state index contributed by atoms with van der Waals surface area (Å²) >= 11 is 0. The average molecular weight is 356 g/mol. The van der Waals surface area contributed by atoms with Crippen molar-refractivity contribution in [2.45, 2.75) is 19.6 Å². The first kappa shape index (κ1) is 26.2. The second kappa shape index (κ2) is 18.3. The molecule has 1 fully saturated rings. The van der Waals surface area contributed by atoms with Gasteiger partial charge in [-0.2, -0.15) is 17.7 Å². The molecule has 0 aromatic heterocycles. The van der Waals surface area contributed by atoms with Crippen molar-refractivity contribution in [3.8, 4) is 0 Å². The van der Waals surface area contributed by atoms with Crippen LogP contribution in [-0.2, 0) is 30.8 Å². The molecule has 0 N–H and O–H groups in total. The van der Waals surface area contributed by atoms with E-state index in [-0.39, 0.29) is 17.1 Å². The van der Waals surface area contributed by atoms with Crippen molar-refractivity contribution < 1.29 is 30.8 Å². The van der Waals surface area contributed by atoms with Gasteiger partial charge in [-0.25, -0.2) is 0 Å². The summed E-state index contributed by atoms with van der Waals surface area (Å²) in [5, 5.41) is 0. The van der Waals surface area contributed by atoms with Gasteiger partial charge in [0.15, 0.2) is 8.32 Å². The predicted molar refractivity (Wildman–Crippen MR) is 83.6 cm³/mol. The Bertz CT molecular complexity index is 354. The van der Waals surface area contributed by atoms with E-state index in [0.29, 0.717) is 0 Å². The molecule has 3 nitrogen and oxygen atoms in total. The fourth-order valence-corrected chi connectivity index (χ4v) is 1.59. The molecular formula is C17H20FeO3Si+. The summed E-state index contributed by atoms with van der Waals surface area (Å²) in [6.45, 7) is 17.4. The van der Waals surface area contributed by atoms with Gasteiger partial charge in [-0.15, -0.1) is 12.1 Å². The van der Waals surface area contributed by atoms with Gasteiger partial charge in [-0.3, -0.25) is 0 Å². The summed E-state index contributed by atoms with van der Waals surface area (Å²) in [7, 11) is -1.40. The van der Waals surface area contributed by atoms with Gasteiger partial charge in [0.05, 0.1) is 0 Å². The molecule has 5 radical (unpaired) electrons. The Hall–Kier alpha value is -0.734. The second-order valence-electron chi connectivity index (χ2n) is 4.72. The topological polar surface area (TPSA) is 49.0 Å². The third kappa shape index (κ3) is 19.3. The van der Waals surface area contributed by atoms with Gasteiger partial charge < -0.3 is 4.43 Å². The van der Waals surface area contributed by atoms with Crippen LogP contribution < -0.4 is 0 Å². The Morgan fingerprint density at radius 2 is 1.18 bits per heavy atom. The molecule has 5 heteroatoms. The van der Waals surface area contributed by atoms with E-state index in [1.807, 2.05) is 69.0 Å². The van der Waals surface area contributed by atoms with Crippen LogP contribution in [0.5, 0.6) is 0 Å². The zero-order chi connectivity index (χ0) is 16.6. The van der Waals surface area contributed by atoms with E-state index in [0.717, 1.165) is 5.56 Å². The van der Waals surface area contributed by atoms with Crippen molar-refractivity contribution >= 4 is 8.32 Å². The molecule has 1 aromatic rings. The van der Waals surface area contributed by atoms with Gasteiger partial charge in [-0.05, 0) is 51.7 Å². The number of rotatable bonds is 3. The van der Waals surface area contributed by atoms with Gasteiger partial charge in [0.2, 0.25) is 0 Å². The number of hydrogen-bond acceptors (Lipinski definition) is 1. The summed E-state index contributed by atoms with van der Waals surface area (Å²) < 4.78 is 20.6. The Morgan fingerprint density at radius 1 is 0.818 bits per heavy atom. The first-order valence-electron chi connectivity index (χ1n) is 6.21. The molecular weight excluding hydrogens is 336 g/mol. The molecule has 2 rings (SSSR count). The van der Waals surface area contributed by atoms with E-state index >= 15 is 0 Å². The van der Waals surface area contributed by atoms with Crippen LogP contribution >= 0.6 is 0 Å². The normalized spacial score (nSPS) is 11.8. The minimum Gasteiger partial charge on any atom is -0.0312 e. The molecule has 0 unspecified atom stereocenters. The van der Waals surface area contributed by atoms with E-state index in [9.17, 15) is 0 Å². The van der Waals surface area contributed by atoms with Crippen LogP contribution in [0.25, 0.3) is 0 Å². The van der Waals surface area contributed by atoms with Crippen LogP contribution in [-0.4, -0.2) is 8.32 Å². The molecule has 1 aliphatic rings. The summed E-state index contributed by atoms with van der Waals surface area (Å²) in [6.07, 6.45) is 10.0. The first-order chi connectivity index (χ1) is 10.1. The number of hydrogen-bond donors (Lipinski definition) is 0. The Morgan fingerprint density at radius 3 is 1.50 bits per heavy atom. The monoisotopic (exact) mass is 356 g/mol. The Balaban J connectivity index is -0.000000303. The molecule has 0 amide bonds. The maximum Gasteiger partial charge on any atom is 2.00 e. The average Bonchev–Trinajstić information content (AvgIpc) is 3.09. The van der Waals surface area contributed by atoms with Crippen LogP contribution in [0.1, 0.15) is 5.56 Å². The molecule has 1 saturated carbocycles. The van der Waals surface area contributed by atoms with Gasteiger partial charge in [0.25, 0.3) is 0 Å². The van der Waals surface area contributed by atoms with E-state index < -0.39 is 8.32 Å². The van der Waals surface area contributed by atoms with E-state index in [4.69, 9.17) is 13.7 Å². The molecule has 0 bridgehead atoms. The molecule has 1 aliphatic carbocycles. The van der Waals surface area contributed by atoms with Crippen LogP contribution in [0.2, 0.25) is 19.6 Å². The minimum absolute atomic E-state index is 0.